The van der Waals surface area contributed by atoms with E-state index in [1.54, 1.807) is 18.2 Å². The zero-order chi connectivity index (χ0) is 15.2. The van der Waals surface area contributed by atoms with Crippen LogP contribution in [-0.2, 0) is 0 Å². The van der Waals surface area contributed by atoms with Crippen molar-refractivity contribution < 1.29 is 15.0 Å². The lowest BCUT2D eigenvalue weighted by atomic mass is 9.97. The van der Waals surface area contributed by atoms with Crippen LogP contribution in [0, 0.1) is 0 Å². The fraction of sp³-hybridized carbons (Fsp3) is 0.167. The van der Waals surface area contributed by atoms with Crippen molar-refractivity contribution in [1.82, 2.24) is 0 Å². The molecule has 2 N–H and O–H groups in total. The van der Waals surface area contributed by atoms with Gasteiger partial charge in [-0.25, -0.2) is 4.79 Å². The van der Waals surface area contributed by atoms with Crippen molar-refractivity contribution >= 4 is 18.1 Å². The Labute approximate surface area is 124 Å². The summed E-state index contributed by atoms with van der Waals surface area (Å²) in [4.78, 5) is 11.1. The van der Waals surface area contributed by atoms with Gasteiger partial charge in [0, 0.05) is 0 Å². The third-order valence-corrected chi connectivity index (χ3v) is 3.33. The molecule has 0 aromatic heterocycles. The molecule has 0 bridgehead atoms. The first-order valence-corrected chi connectivity index (χ1v) is 6.90. The van der Waals surface area contributed by atoms with E-state index in [-0.39, 0.29) is 5.56 Å². The number of aliphatic hydroxyl groups is 1. The summed E-state index contributed by atoms with van der Waals surface area (Å²) in [5, 5.41) is 19.1. The second-order valence-corrected chi connectivity index (χ2v) is 4.82. The van der Waals surface area contributed by atoms with Gasteiger partial charge >= 0.3 is 5.97 Å². The van der Waals surface area contributed by atoms with Crippen LogP contribution in [-0.4, -0.2) is 16.2 Å². The van der Waals surface area contributed by atoms with Crippen LogP contribution < -0.4 is 0 Å². The van der Waals surface area contributed by atoms with E-state index in [1.807, 2.05) is 49.4 Å². The third-order valence-electron chi connectivity index (χ3n) is 3.33. The van der Waals surface area contributed by atoms with E-state index in [9.17, 15) is 9.90 Å². The zero-order valence-corrected chi connectivity index (χ0v) is 11.9. The summed E-state index contributed by atoms with van der Waals surface area (Å²) < 4.78 is 0. The highest BCUT2D eigenvalue weighted by Crippen LogP contribution is 2.24. The Kier molecular flexibility index (Phi) is 4.90. The first kappa shape index (κ1) is 15.0. The average molecular weight is 282 g/mol. The highest BCUT2D eigenvalue weighted by atomic mass is 16.4. The van der Waals surface area contributed by atoms with Gasteiger partial charge in [0.25, 0.3) is 0 Å². The Bertz CT molecular complexity index is 645. The van der Waals surface area contributed by atoms with Crippen molar-refractivity contribution in [2.24, 2.45) is 0 Å². The molecule has 1 atom stereocenters. The highest BCUT2D eigenvalue weighted by molar-refractivity contribution is 5.88. The fourth-order valence-corrected chi connectivity index (χ4v) is 2.12. The van der Waals surface area contributed by atoms with E-state index in [2.05, 4.69) is 0 Å². The number of carboxylic acid groups (broad SMARTS) is 1. The topological polar surface area (TPSA) is 57.5 Å². The lowest BCUT2D eigenvalue weighted by Crippen LogP contribution is -2.03. The Hall–Kier alpha value is -2.39. The van der Waals surface area contributed by atoms with Gasteiger partial charge in [-0.15, -0.1) is 0 Å². The molecule has 0 saturated heterocycles. The minimum Gasteiger partial charge on any atom is -0.478 e. The Morgan fingerprint density at radius 1 is 1.14 bits per heavy atom. The molecule has 21 heavy (non-hydrogen) atoms. The second-order valence-electron chi connectivity index (χ2n) is 4.82. The van der Waals surface area contributed by atoms with Gasteiger partial charge in [0.2, 0.25) is 0 Å². The number of carboxylic acids is 1. The van der Waals surface area contributed by atoms with Crippen LogP contribution in [0.2, 0.25) is 0 Å². The molecule has 108 valence electrons. The van der Waals surface area contributed by atoms with E-state index in [1.165, 1.54) is 0 Å². The fourth-order valence-electron chi connectivity index (χ4n) is 2.12. The van der Waals surface area contributed by atoms with E-state index in [4.69, 9.17) is 5.11 Å². The molecule has 0 fully saturated rings. The lowest BCUT2D eigenvalue weighted by molar-refractivity contribution is 0.0696. The average Bonchev–Trinajstić information content (AvgIpc) is 2.52. The minimum atomic E-state index is -0.988. The number of aromatic carboxylic acids is 1. The Balaban J connectivity index is 2.38. The van der Waals surface area contributed by atoms with Crippen LogP contribution in [0.25, 0.3) is 12.2 Å². The van der Waals surface area contributed by atoms with Crippen molar-refractivity contribution in [3.05, 3.63) is 70.8 Å². The molecule has 0 aliphatic heterocycles. The summed E-state index contributed by atoms with van der Waals surface area (Å²) in [6.07, 6.45) is 3.71. The van der Waals surface area contributed by atoms with Crippen LogP contribution in [0.3, 0.4) is 0 Å². The maximum atomic E-state index is 11.1. The molecule has 0 saturated carbocycles. The molecule has 1 unspecified atom stereocenters. The van der Waals surface area contributed by atoms with Gasteiger partial charge in [0.05, 0.1) is 11.7 Å². The van der Waals surface area contributed by atoms with Crippen LogP contribution in [0.4, 0.5) is 0 Å². The van der Waals surface area contributed by atoms with E-state index < -0.39 is 12.1 Å². The lowest BCUT2D eigenvalue weighted by Gasteiger charge is -2.13. The largest absolute Gasteiger partial charge is 0.478 e. The quantitative estimate of drug-likeness (QED) is 0.815. The van der Waals surface area contributed by atoms with Crippen molar-refractivity contribution in [3.8, 4) is 0 Å². The van der Waals surface area contributed by atoms with Crippen molar-refractivity contribution in [1.29, 1.82) is 0 Å². The van der Waals surface area contributed by atoms with Gasteiger partial charge in [-0.3, -0.25) is 0 Å². The number of carbonyl (C=O) groups is 1. The van der Waals surface area contributed by atoms with Crippen LogP contribution >= 0.6 is 0 Å². The molecule has 3 nitrogen and oxygen atoms in total. The number of aliphatic hydroxyl groups excluding tert-OH is 1. The number of benzene rings is 2. The highest BCUT2D eigenvalue weighted by Gasteiger charge is 2.12. The van der Waals surface area contributed by atoms with Crippen LogP contribution in [0.15, 0.2) is 48.5 Å². The summed E-state index contributed by atoms with van der Waals surface area (Å²) >= 11 is 0. The van der Waals surface area contributed by atoms with Crippen molar-refractivity contribution in [2.45, 2.75) is 19.4 Å². The van der Waals surface area contributed by atoms with Crippen molar-refractivity contribution in [2.75, 3.05) is 0 Å². The number of hydrogen-bond donors (Lipinski definition) is 2. The summed E-state index contributed by atoms with van der Waals surface area (Å²) in [6, 6.07) is 14.7. The zero-order valence-electron chi connectivity index (χ0n) is 11.9. The third kappa shape index (κ3) is 3.80. The summed E-state index contributed by atoms with van der Waals surface area (Å²) in [5.74, 6) is -0.988. The van der Waals surface area contributed by atoms with Gasteiger partial charge in [0.1, 0.15) is 0 Å². The summed E-state index contributed by atoms with van der Waals surface area (Å²) in [6.45, 7) is 1.86. The number of hydrogen-bond acceptors (Lipinski definition) is 2. The Morgan fingerprint density at radius 2 is 1.86 bits per heavy atom. The molecule has 2 aromatic rings. The van der Waals surface area contributed by atoms with Gasteiger partial charge in [-0.05, 0) is 35.2 Å². The second kappa shape index (κ2) is 6.86. The maximum Gasteiger partial charge on any atom is 0.335 e. The van der Waals surface area contributed by atoms with Gasteiger partial charge in [-0.1, -0.05) is 55.5 Å². The molecular weight excluding hydrogens is 264 g/mol. The van der Waals surface area contributed by atoms with E-state index in [0.29, 0.717) is 12.0 Å². The standard InChI is InChI=1S/C18H18O3/c1-2-17(19)16-12-15(18(20)21)11-10-14(16)9-8-13-6-4-3-5-7-13/h3-12,17,19H,2H2,1H3,(H,20,21). The molecule has 0 radical (unpaired) electrons. The van der Waals surface area contributed by atoms with Gasteiger partial charge in [0.15, 0.2) is 0 Å². The molecule has 2 rings (SSSR count). The predicted octanol–water partition coefficient (Wildman–Crippen LogP) is 4.00. The molecule has 3 heteroatoms. The maximum absolute atomic E-state index is 11.1. The van der Waals surface area contributed by atoms with Gasteiger partial charge in [-0.2, -0.15) is 0 Å². The molecule has 0 amide bonds. The molecule has 0 aliphatic rings. The smallest absolute Gasteiger partial charge is 0.335 e. The monoisotopic (exact) mass is 282 g/mol. The summed E-state index contributed by atoms with van der Waals surface area (Å²) in [5.41, 5.74) is 2.72. The molecule has 0 spiro atoms. The molecule has 0 heterocycles. The first-order chi connectivity index (χ1) is 10.1. The predicted molar refractivity (Wildman–Crippen MR) is 84.0 cm³/mol. The van der Waals surface area contributed by atoms with Gasteiger partial charge < -0.3 is 10.2 Å². The first-order valence-electron chi connectivity index (χ1n) is 6.90. The van der Waals surface area contributed by atoms with Crippen molar-refractivity contribution in [3.63, 3.8) is 0 Å². The number of rotatable bonds is 5. The summed E-state index contributed by atoms with van der Waals surface area (Å²) in [7, 11) is 0. The van der Waals surface area contributed by atoms with E-state index >= 15 is 0 Å². The molecular formula is C18H18O3. The molecule has 2 aromatic carbocycles. The Morgan fingerprint density at radius 3 is 2.48 bits per heavy atom. The van der Waals surface area contributed by atoms with Crippen LogP contribution in [0.1, 0.15) is 46.5 Å². The molecule has 0 aliphatic carbocycles. The SMILES string of the molecule is CCC(O)c1cc(C(=O)O)ccc1C=Cc1ccccc1. The van der Waals surface area contributed by atoms with Crippen LogP contribution in [0.5, 0.6) is 0 Å². The van der Waals surface area contributed by atoms with E-state index in [0.717, 1.165) is 11.1 Å². The minimum absolute atomic E-state index is 0.189. The normalized spacial score (nSPS) is 12.5.